The Morgan fingerprint density at radius 2 is 2.25 bits per heavy atom. The van der Waals surface area contributed by atoms with Crippen molar-refractivity contribution in [2.75, 3.05) is 0 Å². The van der Waals surface area contributed by atoms with Gasteiger partial charge < -0.3 is 0 Å². The second-order valence-electron chi connectivity index (χ2n) is 1.69. The van der Waals surface area contributed by atoms with Gasteiger partial charge in [0.15, 0.2) is 0 Å². The van der Waals surface area contributed by atoms with Crippen molar-refractivity contribution in [2.45, 2.75) is 31.2 Å². The molecule has 1 heteroatoms. The van der Waals surface area contributed by atoms with E-state index in [9.17, 15) is 0 Å². The average Bonchev–Trinajstić information content (AvgIpc) is 1.81. The molecule has 8 heavy (non-hydrogen) atoms. The van der Waals surface area contributed by atoms with Crippen LogP contribution in [-0.2, 0) is 0 Å². The molecular weight excluding hydrogens is 212 g/mol. The molecule has 0 spiro atoms. The summed E-state index contributed by atoms with van der Waals surface area (Å²) >= 11 is 0.287. The summed E-state index contributed by atoms with van der Waals surface area (Å²) in [5.74, 6) is 0. The molecule has 0 aliphatic heterocycles. The SMILES string of the molecule is C/C=C\[Te]CCCC. The van der Waals surface area contributed by atoms with Crippen LogP contribution >= 0.6 is 0 Å². The van der Waals surface area contributed by atoms with Crippen LogP contribution in [0.1, 0.15) is 26.7 Å². The van der Waals surface area contributed by atoms with Crippen molar-refractivity contribution in [1.82, 2.24) is 0 Å². The quantitative estimate of drug-likeness (QED) is 0.510. The van der Waals surface area contributed by atoms with Crippen LogP contribution in [0.4, 0.5) is 0 Å². The molecule has 0 aromatic rings. The number of hydrogen-bond donors (Lipinski definition) is 0. The van der Waals surface area contributed by atoms with E-state index in [-0.39, 0.29) is 20.9 Å². The molecule has 0 amide bonds. The summed E-state index contributed by atoms with van der Waals surface area (Å²) in [7, 11) is 0. The van der Waals surface area contributed by atoms with Crippen LogP contribution in [-0.4, -0.2) is 20.9 Å². The van der Waals surface area contributed by atoms with Gasteiger partial charge in [-0.3, -0.25) is 0 Å². The van der Waals surface area contributed by atoms with E-state index in [4.69, 9.17) is 0 Å². The van der Waals surface area contributed by atoms with Gasteiger partial charge in [0.05, 0.1) is 0 Å². The Hall–Kier alpha value is 0.530. The normalized spacial score (nSPS) is 10.8. The van der Waals surface area contributed by atoms with Crippen molar-refractivity contribution >= 4 is 20.9 Å². The fourth-order valence-corrected chi connectivity index (χ4v) is 2.63. The summed E-state index contributed by atoms with van der Waals surface area (Å²) in [4.78, 5) is 0. The van der Waals surface area contributed by atoms with E-state index in [0.717, 1.165) is 0 Å². The van der Waals surface area contributed by atoms with Crippen LogP contribution in [0.3, 0.4) is 0 Å². The molecule has 0 saturated heterocycles. The summed E-state index contributed by atoms with van der Waals surface area (Å²) in [6.07, 6.45) is 4.98. The van der Waals surface area contributed by atoms with Gasteiger partial charge in [-0.25, -0.2) is 0 Å². The fourth-order valence-electron chi connectivity index (χ4n) is 0.392. The standard InChI is InChI=1S/C7H14Te/c1-3-5-7-8-6-4-2/h4,6H,3,5,7H2,1-2H3/b6-4-. The van der Waals surface area contributed by atoms with Crippen LogP contribution in [0.5, 0.6) is 0 Å². The topological polar surface area (TPSA) is 0 Å². The Bertz CT molecular complexity index is 57.4. The Morgan fingerprint density at radius 3 is 2.75 bits per heavy atom. The molecule has 0 bridgehead atoms. The minimum atomic E-state index is 0.287. The van der Waals surface area contributed by atoms with E-state index < -0.39 is 0 Å². The molecule has 0 nitrogen and oxygen atoms in total. The van der Waals surface area contributed by atoms with Gasteiger partial charge in [0.2, 0.25) is 0 Å². The van der Waals surface area contributed by atoms with E-state index in [2.05, 4.69) is 24.0 Å². The zero-order chi connectivity index (χ0) is 6.24. The summed E-state index contributed by atoms with van der Waals surface area (Å²) in [5.41, 5.74) is 0. The van der Waals surface area contributed by atoms with Crippen LogP contribution < -0.4 is 0 Å². The molecule has 0 saturated carbocycles. The molecule has 0 aliphatic rings. The van der Waals surface area contributed by atoms with E-state index >= 15 is 0 Å². The third-order valence-electron chi connectivity index (χ3n) is 0.848. The number of hydrogen-bond acceptors (Lipinski definition) is 0. The van der Waals surface area contributed by atoms with Crippen molar-refractivity contribution in [1.29, 1.82) is 0 Å². The molecule has 0 N–H and O–H groups in total. The maximum absolute atomic E-state index is 2.36. The van der Waals surface area contributed by atoms with Crippen molar-refractivity contribution in [3.63, 3.8) is 0 Å². The monoisotopic (exact) mass is 228 g/mol. The molecule has 48 valence electrons. The third-order valence-corrected chi connectivity index (χ3v) is 3.67. The third kappa shape index (κ3) is 6.53. The molecule has 0 unspecified atom stereocenters. The summed E-state index contributed by atoms with van der Waals surface area (Å²) in [6.45, 7) is 4.36. The maximum atomic E-state index is 2.36. The zero-order valence-corrected chi connectivity index (χ0v) is 8.01. The molecule has 0 aromatic heterocycles. The van der Waals surface area contributed by atoms with Crippen LogP contribution in [0.25, 0.3) is 0 Å². The second kappa shape index (κ2) is 7.53. The van der Waals surface area contributed by atoms with E-state index in [1.54, 1.807) is 0 Å². The first-order chi connectivity index (χ1) is 3.91. The van der Waals surface area contributed by atoms with Gasteiger partial charge in [0.1, 0.15) is 0 Å². The number of allylic oxidation sites excluding steroid dienone is 1. The average molecular weight is 226 g/mol. The second-order valence-corrected chi connectivity index (χ2v) is 4.59. The molecule has 0 aromatic carbocycles. The molecule has 0 rings (SSSR count). The predicted molar refractivity (Wildman–Crippen MR) is 40.3 cm³/mol. The molecule has 0 heterocycles. The fraction of sp³-hybridized carbons (Fsp3) is 0.714. The molecule has 0 radical (unpaired) electrons. The van der Waals surface area contributed by atoms with Crippen LogP contribution in [0.15, 0.2) is 10.2 Å². The molecule has 0 fully saturated rings. The van der Waals surface area contributed by atoms with Crippen molar-refractivity contribution in [3.05, 3.63) is 10.2 Å². The Balaban J connectivity index is 2.72. The van der Waals surface area contributed by atoms with Crippen LogP contribution in [0.2, 0.25) is 4.47 Å². The van der Waals surface area contributed by atoms with Gasteiger partial charge in [-0.15, -0.1) is 0 Å². The predicted octanol–water partition coefficient (Wildman–Crippen LogP) is 2.44. The van der Waals surface area contributed by atoms with Gasteiger partial charge in [0, 0.05) is 0 Å². The first kappa shape index (κ1) is 8.53. The van der Waals surface area contributed by atoms with Crippen LogP contribution in [0, 0.1) is 0 Å². The Morgan fingerprint density at radius 1 is 1.50 bits per heavy atom. The Labute approximate surface area is 62.4 Å². The van der Waals surface area contributed by atoms with Crippen molar-refractivity contribution in [3.8, 4) is 0 Å². The van der Waals surface area contributed by atoms with Crippen molar-refractivity contribution in [2.24, 2.45) is 0 Å². The van der Waals surface area contributed by atoms with Gasteiger partial charge in [-0.2, -0.15) is 0 Å². The number of unbranched alkanes of at least 4 members (excludes halogenated alkanes) is 1. The minimum absolute atomic E-state index is 0.287. The molecule has 0 atom stereocenters. The van der Waals surface area contributed by atoms with Gasteiger partial charge >= 0.3 is 62.3 Å². The Kier molecular flexibility index (Phi) is 8.03. The first-order valence-corrected chi connectivity index (χ1v) is 6.14. The van der Waals surface area contributed by atoms with E-state index in [1.807, 2.05) is 0 Å². The summed E-state index contributed by atoms with van der Waals surface area (Å²) in [6, 6.07) is 0. The summed E-state index contributed by atoms with van der Waals surface area (Å²) in [5, 5.41) is 0. The van der Waals surface area contributed by atoms with Gasteiger partial charge in [0.25, 0.3) is 0 Å². The van der Waals surface area contributed by atoms with Crippen molar-refractivity contribution < 1.29 is 0 Å². The first-order valence-electron chi connectivity index (χ1n) is 3.14. The molecular formula is C7H14Te. The molecule has 0 aliphatic carbocycles. The zero-order valence-electron chi connectivity index (χ0n) is 5.68. The van der Waals surface area contributed by atoms with E-state index in [0.29, 0.717) is 0 Å². The number of rotatable bonds is 4. The van der Waals surface area contributed by atoms with Gasteiger partial charge in [-0.1, -0.05) is 0 Å². The van der Waals surface area contributed by atoms with Gasteiger partial charge in [-0.05, 0) is 0 Å². The summed E-state index contributed by atoms with van der Waals surface area (Å²) < 4.78 is 3.85. The van der Waals surface area contributed by atoms with E-state index in [1.165, 1.54) is 17.3 Å².